The molecule has 8 heteroatoms. The molecular weight excluding hydrogens is 315 g/mol. The van der Waals surface area contributed by atoms with Crippen LogP contribution < -0.4 is 5.32 Å². The maximum atomic E-state index is 12.5. The number of aromatic amines is 1. The molecule has 2 atom stereocenters. The van der Waals surface area contributed by atoms with Gasteiger partial charge in [0.25, 0.3) is 0 Å². The van der Waals surface area contributed by atoms with E-state index in [0.29, 0.717) is 13.1 Å². The van der Waals surface area contributed by atoms with Gasteiger partial charge in [-0.05, 0) is 13.0 Å². The lowest BCUT2D eigenvalue weighted by Gasteiger charge is -2.29. The molecule has 1 aromatic heterocycles. The Labute approximate surface area is 138 Å². The zero-order valence-electron chi connectivity index (χ0n) is 12.7. The number of aliphatic hydroxyl groups excluding tert-OH is 1. The van der Waals surface area contributed by atoms with Crippen molar-refractivity contribution in [3.05, 3.63) is 18.2 Å². The summed E-state index contributed by atoms with van der Waals surface area (Å²) in [6.45, 7) is 4.76. The van der Waals surface area contributed by atoms with Crippen molar-refractivity contribution >= 4 is 30.7 Å². The highest BCUT2D eigenvalue weighted by Gasteiger charge is 2.27. The molecule has 1 rings (SSSR count). The Morgan fingerprint density at radius 2 is 2.19 bits per heavy atom. The van der Waals surface area contributed by atoms with E-state index in [1.54, 1.807) is 24.3 Å². The first-order chi connectivity index (χ1) is 9.13. The van der Waals surface area contributed by atoms with E-state index in [9.17, 15) is 4.79 Å². The molecule has 0 aliphatic heterocycles. The first-order valence-electron chi connectivity index (χ1n) is 6.69. The third-order valence-corrected chi connectivity index (χ3v) is 3.37. The number of aliphatic hydroxyl groups is 1. The molecule has 0 bridgehead atoms. The topological polar surface area (TPSA) is 81.2 Å². The molecule has 1 aromatic rings. The van der Waals surface area contributed by atoms with E-state index in [1.165, 1.54) is 0 Å². The van der Waals surface area contributed by atoms with Crippen LogP contribution in [0.3, 0.4) is 0 Å². The SMILES string of the molecule is CC[C@H](C)[C@@H](NC)C(=O)N(CCO)Cc1ncc[nH]1.Cl.Cl. The molecule has 3 N–H and O–H groups in total. The predicted octanol–water partition coefficient (Wildman–Crippen LogP) is 1.21. The number of hydrogen-bond donors (Lipinski definition) is 3. The van der Waals surface area contributed by atoms with Gasteiger partial charge in [-0.3, -0.25) is 4.79 Å². The van der Waals surface area contributed by atoms with Crippen molar-refractivity contribution in [1.82, 2.24) is 20.2 Å². The maximum absolute atomic E-state index is 12.5. The van der Waals surface area contributed by atoms with E-state index >= 15 is 0 Å². The number of nitrogens with zero attached hydrogens (tertiary/aromatic N) is 2. The molecule has 21 heavy (non-hydrogen) atoms. The number of amides is 1. The molecule has 1 amide bonds. The Bertz CT molecular complexity index is 376. The minimum absolute atomic E-state index is 0. The van der Waals surface area contributed by atoms with E-state index in [2.05, 4.69) is 22.2 Å². The summed E-state index contributed by atoms with van der Waals surface area (Å²) in [4.78, 5) is 21.2. The third-order valence-electron chi connectivity index (χ3n) is 3.37. The second kappa shape index (κ2) is 11.8. The lowest BCUT2D eigenvalue weighted by molar-refractivity contribution is -0.135. The number of hydrogen-bond acceptors (Lipinski definition) is 4. The molecule has 0 fully saturated rings. The maximum Gasteiger partial charge on any atom is 0.240 e. The summed E-state index contributed by atoms with van der Waals surface area (Å²) in [7, 11) is 1.79. The highest BCUT2D eigenvalue weighted by atomic mass is 35.5. The normalized spacial score (nSPS) is 12.8. The highest BCUT2D eigenvalue weighted by Crippen LogP contribution is 2.12. The van der Waals surface area contributed by atoms with Gasteiger partial charge in [0.05, 0.1) is 19.2 Å². The van der Waals surface area contributed by atoms with E-state index < -0.39 is 0 Å². The molecule has 0 aromatic carbocycles. The van der Waals surface area contributed by atoms with Crippen LogP contribution in [-0.2, 0) is 11.3 Å². The van der Waals surface area contributed by atoms with Crippen LogP contribution in [-0.4, -0.2) is 52.1 Å². The quantitative estimate of drug-likeness (QED) is 0.664. The summed E-state index contributed by atoms with van der Waals surface area (Å²) in [5.74, 6) is 0.971. The van der Waals surface area contributed by atoms with Crippen LogP contribution in [0.2, 0.25) is 0 Å². The number of nitrogens with one attached hydrogen (secondary N) is 2. The van der Waals surface area contributed by atoms with Gasteiger partial charge >= 0.3 is 0 Å². The Kier molecular flexibility index (Phi) is 12.6. The lowest BCUT2D eigenvalue weighted by Crippen LogP contribution is -2.49. The number of H-pyrrole nitrogens is 1. The Morgan fingerprint density at radius 3 is 2.62 bits per heavy atom. The van der Waals surface area contributed by atoms with Crippen molar-refractivity contribution in [3.8, 4) is 0 Å². The first-order valence-corrected chi connectivity index (χ1v) is 6.69. The number of halogens is 2. The van der Waals surface area contributed by atoms with Crippen LogP contribution >= 0.6 is 24.8 Å². The van der Waals surface area contributed by atoms with Gasteiger partial charge in [0.1, 0.15) is 5.82 Å². The van der Waals surface area contributed by atoms with Gasteiger partial charge in [0.2, 0.25) is 5.91 Å². The third kappa shape index (κ3) is 6.65. The number of carbonyl (C=O) groups is 1. The summed E-state index contributed by atoms with van der Waals surface area (Å²) in [6.07, 6.45) is 4.30. The summed E-state index contributed by atoms with van der Waals surface area (Å²) < 4.78 is 0. The molecule has 0 aliphatic carbocycles. The van der Waals surface area contributed by atoms with Gasteiger partial charge in [-0.25, -0.2) is 4.98 Å². The summed E-state index contributed by atoms with van der Waals surface area (Å²) in [5, 5.41) is 12.2. The van der Waals surface area contributed by atoms with E-state index in [0.717, 1.165) is 12.2 Å². The molecule has 0 spiro atoms. The molecule has 1 heterocycles. The van der Waals surface area contributed by atoms with Crippen molar-refractivity contribution < 1.29 is 9.90 Å². The number of imidazole rings is 1. The fraction of sp³-hybridized carbons (Fsp3) is 0.692. The van der Waals surface area contributed by atoms with Crippen molar-refractivity contribution in [2.24, 2.45) is 5.92 Å². The fourth-order valence-electron chi connectivity index (χ4n) is 2.04. The Hall–Kier alpha value is -0.820. The van der Waals surface area contributed by atoms with Crippen LogP contribution in [0, 0.1) is 5.92 Å². The second-order valence-electron chi connectivity index (χ2n) is 4.67. The fourth-order valence-corrected chi connectivity index (χ4v) is 2.04. The van der Waals surface area contributed by atoms with Gasteiger partial charge < -0.3 is 20.3 Å². The van der Waals surface area contributed by atoms with Crippen LogP contribution in [0.25, 0.3) is 0 Å². The van der Waals surface area contributed by atoms with Gasteiger partial charge in [-0.1, -0.05) is 20.3 Å². The average Bonchev–Trinajstić information content (AvgIpc) is 2.91. The van der Waals surface area contributed by atoms with Crippen molar-refractivity contribution in [3.63, 3.8) is 0 Å². The molecule has 0 saturated carbocycles. The zero-order valence-corrected chi connectivity index (χ0v) is 14.3. The molecule has 0 aliphatic rings. The van der Waals surface area contributed by atoms with Crippen molar-refractivity contribution in [2.75, 3.05) is 20.2 Å². The number of carbonyl (C=O) groups excluding carboxylic acids is 1. The van der Waals surface area contributed by atoms with Crippen molar-refractivity contribution in [1.29, 1.82) is 0 Å². The monoisotopic (exact) mass is 340 g/mol. The van der Waals surface area contributed by atoms with Gasteiger partial charge in [-0.2, -0.15) is 0 Å². The number of rotatable bonds is 8. The van der Waals surface area contributed by atoms with E-state index in [-0.39, 0.29) is 49.3 Å². The van der Waals surface area contributed by atoms with Gasteiger partial charge in [0.15, 0.2) is 0 Å². The number of aromatic nitrogens is 2. The van der Waals surface area contributed by atoms with Crippen LogP contribution in [0.1, 0.15) is 26.1 Å². The minimum Gasteiger partial charge on any atom is -0.395 e. The molecular formula is C13H26Cl2N4O2. The first kappa shape index (κ1) is 22.5. The molecule has 0 radical (unpaired) electrons. The smallest absolute Gasteiger partial charge is 0.240 e. The summed E-state index contributed by atoms with van der Waals surface area (Å²) >= 11 is 0. The van der Waals surface area contributed by atoms with Crippen molar-refractivity contribution in [2.45, 2.75) is 32.9 Å². The molecule has 0 unspecified atom stereocenters. The molecule has 124 valence electrons. The lowest BCUT2D eigenvalue weighted by atomic mass is 9.98. The number of likely N-dealkylation sites (N-methyl/N-ethyl adjacent to an activating group) is 1. The summed E-state index contributed by atoms with van der Waals surface area (Å²) in [5.41, 5.74) is 0. The predicted molar refractivity (Wildman–Crippen MR) is 87.9 cm³/mol. The van der Waals surface area contributed by atoms with Crippen LogP contribution in [0.5, 0.6) is 0 Å². The van der Waals surface area contributed by atoms with Gasteiger partial charge in [0, 0.05) is 18.9 Å². The van der Waals surface area contributed by atoms with Crippen LogP contribution in [0.15, 0.2) is 12.4 Å². The van der Waals surface area contributed by atoms with E-state index in [4.69, 9.17) is 5.11 Å². The van der Waals surface area contributed by atoms with Crippen LogP contribution in [0.4, 0.5) is 0 Å². The Balaban J connectivity index is 0. The minimum atomic E-state index is -0.230. The second-order valence-corrected chi connectivity index (χ2v) is 4.67. The Morgan fingerprint density at radius 1 is 1.52 bits per heavy atom. The summed E-state index contributed by atoms with van der Waals surface area (Å²) in [6, 6.07) is -0.230. The standard InChI is InChI=1S/C13H24N4O2.2ClH/c1-4-10(2)12(14-3)13(19)17(7-8-18)9-11-15-5-6-16-11;;/h5-6,10,12,14,18H,4,7-9H2,1-3H3,(H,15,16);2*1H/t10-,12+;;/m0../s1. The van der Waals surface area contributed by atoms with Gasteiger partial charge in [-0.15, -0.1) is 24.8 Å². The molecule has 0 saturated heterocycles. The zero-order chi connectivity index (χ0) is 14.3. The average molecular weight is 341 g/mol. The van der Waals surface area contributed by atoms with E-state index in [1.807, 2.05) is 6.92 Å². The highest BCUT2D eigenvalue weighted by molar-refractivity contribution is 5.85. The largest absolute Gasteiger partial charge is 0.395 e. The molecule has 6 nitrogen and oxygen atoms in total.